The van der Waals surface area contributed by atoms with Gasteiger partial charge in [0.05, 0.1) is 5.41 Å². The first kappa shape index (κ1) is 16.6. The van der Waals surface area contributed by atoms with E-state index in [0.717, 1.165) is 42.6 Å². The van der Waals surface area contributed by atoms with Crippen LogP contribution in [0.3, 0.4) is 0 Å². The van der Waals surface area contributed by atoms with Crippen molar-refractivity contribution >= 4 is 23.4 Å². The van der Waals surface area contributed by atoms with Crippen molar-refractivity contribution in [2.75, 3.05) is 13.1 Å². The van der Waals surface area contributed by atoms with E-state index < -0.39 is 6.04 Å². The third-order valence-electron chi connectivity index (χ3n) is 7.15. The highest BCUT2D eigenvalue weighted by molar-refractivity contribution is 6.30. The molecule has 1 aliphatic heterocycles. The lowest BCUT2D eigenvalue weighted by molar-refractivity contribution is -0.164. The van der Waals surface area contributed by atoms with Crippen molar-refractivity contribution in [3.63, 3.8) is 0 Å². The van der Waals surface area contributed by atoms with E-state index in [4.69, 9.17) is 11.6 Å². The number of carbonyl (C=O) groups is 2. The summed E-state index contributed by atoms with van der Waals surface area (Å²) in [7, 11) is 0. The molecule has 0 radical (unpaired) electrons. The van der Waals surface area contributed by atoms with E-state index in [2.05, 4.69) is 5.32 Å². The molecule has 1 aromatic rings. The minimum absolute atomic E-state index is 0.0725. The van der Waals surface area contributed by atoms with Gasteiger partial charge < -0.3 is 10.2 Å². The van der Waals surface area contributed by atoms with Crippen molar-refractivity contribution in [1.29, 1.82) is 0 Å². The Bertz CT molecular complexity index is 710. The van der Waals surface area contributed by atoms with Crippen molar-refractivity contribution in [2.45, 2.75) is 44.6 Å². The summed E-state index contributed by atoms with van der Waals surface area (Å²) in [5.74, 6) is 2.32. The summed E-state index contributed by atoms with van der Waals surface area (Å²) < 4.78 is 0. The van der Waals surface area contributed by atoms with Crippen LogP contribution >= 0.6 is 11.6 Å². The standard InChI is InChI=1S/C21H25ClN2O2/c22-17-3-1-16(2-4-17)18-19(25)23-5-6-24(18)20(26)21-10-13-7-14(11-21)9-15(8-13)12-21/h1-4,13-15,18H,5-12H2,(H,23,25). The molecular formula is C21H25ClN2O2. The van der Waals surface area contributed by atoms with Crippen LogP contribution in [0.1, 0.15) is 50.1 Å². The number of benzene rings is 1. The number of hydrogen-bond acceptors (Lipinski definition) is 2. The van der Waals surface area contributed by atoms with Crippen LogP contribution in [0.5, 0.6) is 0 Å². The molecule has 2 amide bonds. The molecule has 1 heterocycles. The van der Waals surface area contributed by atoms with Gasteiger partial charge in [-0.2, -0.15) is 0 Å². The molecule has 5 fully saturated rings. The summed E-state index contributed by atoms with van der Waals surface area (Å²) in [6, 6.07) is 6.81. The molecule has 4 nitrogen and oxygen atoms in total. The first-order valence-corrected chi connectivity index (χ1v) is 10.3. The fourth-order valence-corrected chi connectivity index (χ4v) is 6.67. The Kier molecular flexibility index (Phi) is 3.82. The first-order chi connectivity index (χ1) is 12.5. The second-order valence-electron chi connectivity index (χ2n) is 8.94. The lowest BCUT2D eigenvalue weighted by Gasteiger charge is -2.57. The molecular weight excluding hydrogens is 348 g/mol. The van der Waals surface area contributed by atoms with Gasteiger partial charge in [0.1, 0.15) is 6.04 Å². The molecule has 4 saturated carbocycles. The van der Waals surface area contributed by atoms with Crippen LogP contribution in [0.2, 0.25) is 5.02 Å². The molecule has 0 spiro atoms. The third kappa shape index (κ3) is 2.57. The summed E-state index contributed by atoms with van der Waals surface area (Å²) >= 11 is 6.02. The van der Waals surface area contributed by atoms with Gasteiger partial charge in [-0.25, -0.2) is 0 Å². The summed E-state index contributed by atoms with van der Waals surface area (Å²) in [6.07, 6.45) is 7.03. The van der Waals surface area contributed by atoms with E-state index in [-0.39, 0.29) is 17.2 Å². The molecule has 1 atom stereocenters. The number of rotatable bonds is 2. The highest BCUT2D eigenvalue weighted by Crippen LogP contribution is 2.60. The van der Waals surface area contributed by atoms with Crippen molar-refractivity contribution in [2.24, 2.45) is 23.2 Å². The van der Waals surface area contributed by atoms with Gasteiger partial charge in [0.25, 0.3) is 0 Å². The van der Waals surface area contributed by atoms with Gasteiger partial charge in [-0.05, 0) is 74.0 Å². The molecule has 4 bridgehead atoms. The Morgan fingerprint density at radius 2 is 1.62 bits per heavy atom. The van der Waals surface area contributed by atoms with Gasteiger partial charge in [-0.1, -0.05) is 23.7 Å². The normalized spacial score (nSPS) is 38.3. The van der Waals surface area contributed by atoms with Crippen molar-refractivity contribution in [3.8, 4) is 0 Å². The third-order valence-corrected chi connectivity index (χ3v) is 7.40. The number of nitrogens with one attached hydrogen (secondary N) is 1. The Balaban J connectivity index is 1.48. The van der Waals surface area contributed by atoms with Crippen molar-refractivity contribution in [1.82, 2.24) is 10.2 Å². The molecule has 1 N–H and O–H groups in total. The summed E-state index contributed by atoms with van der Waals surface area (Å²) in [5, 5.41) is 3.58. The lowest BCUT2D eigenvalue weighted by atomic mass is 9.49. The van der Waals surface area contributed by atoms with E-state index in [1.165, 1.54) is 19.3 Å². The van der Waals surface area contributed by atoms with Crippen molar-refractivity contribution in [3.05, 3.63) is 34.9 Å². The Morgan fingerprint density at radius 3 is 2.19 bits per heavy atom. The second-order valence-corrected chi connectivity index (χ2v) is 9.38. The zero-order valence-electron chi connectivity index (χ0n) is 14.9. The largest absolute Gasteiger partial charge is 0.352 e. The van der Waals surface area contributed by atoms with Crippen LogP contribution in [0.4, 0.5) is 0 Å². The zero-order valence-corrected chi connectivity index (χ0v) is 15.7. The molecule has 138 valence electrons. The topological polar surface area (TPSA) is 49.4 Å². The van der Waals surface area contributed by atoms with Gasteiger partial charge in [0, 0.05) is 18.1 Å². The lowest BCUT2D eigenvalue weighted by Crippen LogP contribution is -2.59. The SMILES string of the molecule is O=C1NCCN(C(=O)C23CC4CC(CC(C4)C2)C3)C1c1ccc(Cl)cc1. The van der Waals surface area contributed by atoms with Gasteiger partial charge in [-0.3, -0.25) is 9.59 Å². The van der Waals surface area contributed by atoms with E-state index in [9.17, 15) is 9.59 Å². The van der Waals surface area contributed by atoms with Gasteiger partial charge in [-0.15, -0.1) is 0 Å². The summed E-state index contributed by atoms with van der Waals surface area (Å²) in [5.41, 5.74) is 0.640. The maximum atomic E-state index is 13.8. The minimum Gasteiger partial charge on any atom is -0.352 e. The summed E-state index contributed by atoms with van der Waals surface area (Å²) in [4.78, 5) is 28.3. The predicted molar refractivity (Wildman–Crippen MR) is 99.5 cm³/mol. The van der Waals surface area contributed by atoms with E-state index in [0.29, 0.717) is 18.1 Å². The molecule has 1 aromatic carbocycles. The maximum Gasteiger partial charge on any atom is 0.247 e. The second kappa shape index (κ2) is 5.98. The fraction of sp³-hybridized carbons (Fsp3) is 0.619. The molecule has 4 aliphatic carbocycles. The smallest absolute Gasteiger partial charge is 0.247 e. The molecule has 1 saturated heterocycles. The highest BCUT2D eigenvalue weighted by Gasteiger charge is 2.56. The predicted octanol–water partition coefficient (Wildman–Crippen LogP) is 3.56. The van der Waals surface area contributed by atoms with Gasteiger partial charge >= 0.3 is 0 Å². The number of hydrogen-bond donors (Lipinski definition) is 1. The fourth-order valence-electron chi connectivity index (χ4n) is 6.54. The number of nitrogens with zero attached hydrogens (tertiary/aromatic N) is 1. The average molecular weight is 373 g/mol. The molecule has 5 aliphatic rings. The molecule has 26 heavy (non-hydrogen) atoms. The van der Waals surface area contributed by atoms with E-state index in [1.54, 1.807) is 12.1 Å². The minimum atomic E-state index is -0.526. The van der Waals surface area contributed by atoms with Crippen molar-refractivity contribution < 1.29 is 9.59 Å². The quantitative estimate of drug-likeness (QED) is 0.862. The van der Waals surface area contributed by atoms with Crippen LogP contribution in [0.25, 0.3) is 0 Å². The van der Waals surface area contributed by atoms with Gasteiger partial charge in [0.2, 0.25) is 11.8 Å². The Labute approximate surface area is 159 Å². The Morgan fingerprint density at radius 1 is 1.04 bits per heavy atom. The Hall–Kier alpha value is -1.55. The van der Waals surface area contributed by atoms with Crippen LogP contribution < -0.4 is 5.32 Å². The average Bonchev–Trinajstić information content (AvgIpc) is 2.61. The molecule has 6 rings (SSSR count). The summed E-state index contributed by atoms with van der Waals surface area (Å²) in [6.45, 7) is 1.14. The molecule has 0 aromatic heterocycles. The first-order valence-electron chi connectivity index (χ1n) is 9.88. The van der Waals surface area contributed by atoms with Crippen LogP contribution in [0.15, 0.2) is 24.3 Å². The van der Waals surface area contributed by atoms with Gasteiger partial charge in [0.15, 0.2) is 0 Å². The monoisotopic (exact) mass is 372 g/mol. The maximum absolute atomic E-state index is 13.8. The number of carbonyl (C=O) groups excluding carboxylic acids is 2. The van der Waals surface area contributed by atoms with Crippen LogP contribution in [-0.2, 0) is 9.59 Å². The number of piperazine rings is 1. The van der Waals surface area contributed by atoms with Crippen LogP contribution in [0, 0.1) is 23.2 Å². The number of halogens is 1. The molecule has 1 unspecified atom stereocenters. The van der Waals surface area contributed by atoms with E-state index in [1.807, 2.05) is 17.0 Å². The molecule has 5 heteroatoms. The van der Waals surface area contributed by atoms with E-state index >= 15 is 0 Å². The highest BCUT2D eigenvalue weighted by atomic mass is 35.5. The number of amides is 2. The zero-order chi connectivity index (χ0) is 17.9. The van der Waals surface area contributed by atoms with Crippen LogP contribution in [-0.4, -0.2) is 29.8 Å².